The maximum Gasteiger partial charge on any atom is 0.323 e. The minimum absolute atomic E-state index is 0.280. The first-order valence-corrected chi connectivity index (χ1v) is 15.5. The number of ether oxygens (including phenoxy) is 3. The Bertz CT molecular complexity index is 1680. The van der Waals surface area contributed by atoms with Crippen LogP contribution in [0.4, 0.5) is 16.2 Å². The second-order valence-electron chi connectivity index (χ2n) is 12.3. The molecule has 0 aliphatic carbocycles. The molecule has 3 amide bonds. The number of amides is 3. The summed E-state index contributed by atoms with van der Waals surface area (Å²) in [5.74, 6) is -0.0310. The topological polar surface area (TPSA) is 114 Å². The van der Waals surface area contributed by atoms with Crippen LogP contribution in [0.3, 0.4) is 0 Å². The number of anilines is 2. The van der Waals surface area contributed by atoms with E-state index in [1.54, 1.807) is 13.2 Å². The molecule has 4 aromatic rings. The number of nitrogens with one attached hydrogen (secondary N) is 3. The Kier molecular flexibility index (Phi) is 10.5. The first-order valence-electron chi connectivity index (χ1n) is 15.5. The van der Waals surface area contributed by atoms with Gasteiger partial charge in [-0.1, -0.05) is 57.2 Å². The summed E-state index contributed by atoms with van der Waals surface area (Å²) in [7, 11) is 3.06. The molecule has 1 saturated heterocycles. The zero-order valence-electron chi connectivity index (χ0n) is 27.2. The van der Waals surface area contributed by atoms with Gasteiger partial charge in [-0.2, -0.15) is 0 Å². The molecular formula is C36H43N5O5. The van der Waals surface area contributed by atoms with Crippen LogP contribution in [-0.4, -0.2) is 75.5 Å². The number of aromatic nitrogens is 1. The van der Waals surface area contributed by atoms with Crippen molar-refractivity contribution in [2.24, 2.45) is 0 Å². The molecule has 0 unspecified atom stereocenters. The van der Waals surface area contributed by atoms with Gasteiger partial charge in [-0.25, -0.2) is 4.79 Å². The lowest BCUT2D eigenvalue weighted by atomic mass is 9.85. The van der Waals surface area contributed by atoms with Gasteiger partial charge in [0.05, 0.1) is 49.6 Å². The van der Waals surface area contributed by atoms with Crippen molar-refractivity contribution in [3.63, 3.8) is 0 Å². The highest BCUT2D eigenvalue weighted by atomic mass is 16.5. The lowest BCUT2D eigenvalue weighted by Crippen LogP contribution is -2.35. The summed E-state index contributed by atoms with van der Waals surface area (Å²) in [6.07, 6.45) is 1.91. The predicted molar refractivity (Wildman–Crippen MR) is 182 cm³/mol. The molecule has 2 heterocycles. The lowest BCUT2D eigenvalue weighted by molar-refractivity contribution is 0.0336. The van der Waals surface area contributed by atoms with Gasteiger partial charge in [0, 0.05) is 50.4 Å². The summed E-state index contributed by atoms with van der Waals surface area (Å²) in [6, 6.07) is 19.2. The summed E-state index contributed by atoms with van der Waals surface area (Å²) in [5, 5.41) is 10.7. The monoisotopic (exact) mass is 625 g/mol. The van der Waals surface area contributed by atoms with Crippen LogP contribution in [-0.2, 0) is 21.4 Å². The molecule has 3 N–H and O–H groups in total. The van der Waals surface area contributed by atoms with Crippen molar-refractivity contribution in [2.45, 2.75) is 32.7 Å². The average Bonchev–Trinajstić information content (AvgIpc) is 3.05. The Morgan fingerprint density at radius 2 is 1.67 bits per heavy atom. The summed E-state index contributed by atoms with van der Waals surface area (Å²) in [6.45, 7) is 11.0. The SMILES string of the molecule is COCCNC(=O)c1cc(C(C)(C)C)cc(NC(=O)Nc2ccc(-c3ccc(CN4CCOCC4)nc3)c3ccccc23)c1OC. The van der Waals surface area contributed by atoms with Crippen LogP contribution in [0.2, 0.25) is 0 Å². The number of hydrogen-bond donors (Lipinski definition) is 3. The number of hydrogen-bond acceptors (Lipinski definition) is 7. The van der Waals surface area contributed by atoms with Crippen molar-refractivity contribution in [2.75, 3.05) is 64.3 Å². The number of carbonyl (C=O) groups excluding carboxylic acids is 2. The Labute approximate surface area is 270 Å². The van der Waals surface area contributed by atoms with Crippen molar-refractivity contribution < 1.29 is 23.8 Å². The number of fused-ring (bicyclic) bond motifs is 1. The van der Waals surface area contributed by atoms with E-state index in [0.717, 1.165) is 66.0 Å². The van der Waals surface area contributed by atoms with Gasteiger partial charge in [0.2, 0.25) is 0 Å². The van der Waals surface area contributed by atoms with E-state index in [1.807, 2.05) is 69.4 Å². The number of pyridine rings is 1. The molecule has 0 radical (unpaired) electrons. The van der Waals surface area contributed by atoms with Gasteiger partial charge in [0.1, 0.15) is 0 Å². The molecule has 1 fully saturated rings. The van der Waals surface area contributed by atoms with Gasteiger partial charge < -0.3 is 30.2 Å². The Morgan fingerprint density at radius 3 is 2.35 bits per heavy atom. The van der Waals surface area contributed by atoms with Crippen LogP contribution < -0.4 is 20.7 Å². The van der Waals surface area contributed by atoms with Crippen molar-refractivity contribution in [3.8, 4) is 16.9 Å². The van der Waals surface area contributed by atoms with Crippen molar-refractivity contribution in [3.05, 3.63) is 83.7 Å². The van der Waals surface area contributed by atoms with E-state index >= 15 is 0 Å². The zero-order valence-corrected chi connectivity index (χ0v) is 27.2. The number of morpholine rings is 1. The molecule has 1 aliphatic heterocycles. The van der Waals surface area contributed by atoms with Gasteiger partial charge in [0.15, 0.2) is 5.75 Å². The van der Waals surface area contributed by atoms with Crippen LogP contribution in [0.15, 0.2) is 66.9 Å². The quantitative estimate of drug-likeness (QED) is 0.184. The fourth-order valence-corrected chi connectivity index (χ4v) is 5.51. The number of rotatable bonds is 10. The number of carbonyl (C=O) groups is 2. The molecular weight excluding hydrogens is 582 g/mol. The van der Waals surface area contributed by atoms with E-state index in [1.165, 1.54) is 7.11 Å². The normalized spacial score (nSPS) is 13.8. The Morgan fingerprint density at radius 1 is 0.935 bits per heavy atom. The number of benzene rings is 3. The van der Waals surface area contributed by atoms with Gasteiger partial charge >= 0.3 is 6.03 Å². The molecule has 1 aliphatic rings. The van der Waals surface area contributed by atoms with Crippen molar-refractivity contribution in [1.29, 1.82) is 0 Å². The maximum absolute atomic E-state index is 13.5. The molecule has 0 bridgehead atoms. The molecule has 0 spiro atoms. The maximum atomic E-state index is 13.5. The lowest BCUT2D eigenvalue weighted by Gasteiger charge is -2.26. The smallest absolute Gasteiger partial charge is 0.323 e. The van der Waals surface area contributed by atoms with Gasteiger partial charge in [-0.15, -0.1) is 0 Å². The second-order valence-corrected chi connectivity index (χ2v) is 12.3. The summed E-state index contributed by atoms with van der Waals surface area (Å²) in [5.41, 5.74) is 5.01. The van der Waals surface area contributed by atoms with E-state index in [9.17, 15) is 9.59 Å². The zero-order chi connectivity index (χ0) is 32.7. The standard InChI is InChI=1S/C36H43N5O5/c1-36(2,3)25-20-30(34(42)37-14-17-44-4)33(45-5)32(21-25)40-35(43)39-31-13-12-27(28-8-6-7-9-29(28)31)24-10-11-26(38-22-24)23-41-15-18-46-19-16-41/h6-13,20-22H,14-19,23H2,1-5H3,(H,37,42)(H2,39,40,43). The Hall–Kier alpha value is -4.51. The summed E-state index contributed by atoms with van der Waals surface area (Å²) >= 11 is 0. The van der Waals surface area contributed by atoms with E-state index in [2.05, 4.69) is 33.0 Å². The molecule has 0 saturated carbocycles. The molecule has 0 atom stereocenters. The molecule has 46 heavy (non-hydrogen) atoms. The van der Waals surface area contributed by atoms with Crippen molar-refractivity contribution >= 4 is 34.1 Å². The molecule has 242 valence electrons. The third-order valence-corrected chi connectivity index (χ3v) is 8.04. The minimum Gasteiger partial charge on any atom is -0.494 e. The third-order valence-electron chi connectivity index (χ3n) is 8.04. The highest BCUT2D eigenvalue weighted by Crippen LogP contribution is 2.37. The van der Waals surface area contributed by atoms with Crippen LogP contribution in [0.5, 0.6) is 5.75 Å². The highest BCUT2D eigenvalue weighted by molar-refractivity contribution is 6.10. The fourth-order valence-electron chi connectivity index (χ4n) is 5.51. The molecule has 10 nitrogen and oxygen atoms in total. The van der Waals surface area contributed by atoms with E-state index in [4.69, 9.17) is 19.2 Å². The number of methoxy groups -OCH3 is 2. The largest absolute Gasteiger partial charge is 0.494 e. The average molecular weight is 626 g/mol. The first kappa shape index (κ1) is 32.9. The van der Waals surface area contributed by atoms with E-state index in [-0.39, 0.29) is 17.1 Å². The van der Waals surface area contributed by atoms with Crippen molar-refractivity contribution in [1.82, 2.24) is 15.2 Å². The van der Waals surface area contributed by atoms with Gasteiger partial charge in [-0.3, -0.25) is 14.7 Å². The van der Waals surface area contributed by atoms with E-state index < -0.39 is 6.03 Å². The van der Waals surface area contributed by atoms with E-state index in [0.29, 0.717) is 30.1 Å². The summed E-state index contributed by atoms with van der Waals surface area (Å²) in [4.78, 5) is 33.7. The van der Waals surface area contributed by atoms with Crippen LogP contribution >= 0.6 is 0 Å². The fraction of sp³-hybridized carbons (Fsp3) is 0.361. The predicted octanol–water partition coefficient (Wildman–Crippen LogP) is 6.06. The first-order chi connectivity index (χ1) is 22.2. The number of nitrogens with zero attached hydrogens (tertiary/aromatic N) is 2. The van der Waals surface area contributed by atoms with Crippen LogP contribution in [0.1, 0.15) is 42.4 Å². The van der Waals surface area contributed by atoms with Crippen LogP contribution in [0.25, 0.3) is 21.9 Å². The molecule has 1 aromatic heterocycles. The second kappa shape index (κ2) is 14.7. The summed E-state index contributed by atoms with van der Waals surface area (Å²) < 4.78 is 16.2. The van der Waals surface area contributed by atoms with Gasteiger partial charge in [-0.05, 0) is 46.2 Å². The highest BCUT2D eigenvalue weighted by Gasteiger charge is 2.24. The molecule has 5 rings (SSSR count). The minimum atomic E-state index is -0.456. The Balaban J connectivity index is 1.39. The number of urea groups is 1. The molecule has 10 heteroatoms. The van der Waals surface area contributed by atoms with Gasteiger partial charge in [0.25, 0.3) is 5.91 Å². The third kappa shape index (κ3) is 7.82. The molecule has 3 aromatic carbocycles. The van der Waals surface area contributed by atoms with Crippen LogP contribution in [0, 0.1) is 0 Å².